The number of methoxy groups -OCH3 is 1. The van der Waals surface area contributed by atoms with Crippen molar-refractivity contribution < 1.29 is 23.2 Å². The second-order valence-electron chi connectivity index (χ2n) is 6.27. The lowest BCUT2D eigenvalue weighted by molar-refractivity contribution is 0.120. The molecule has 0 aliphatic carbocycles. The molecule has 0 saturated carbocycles. The number of rotatable bonds is 3. The lowest BCUT2D eigenvalue weighted by Crippen LogP contribution is -2.31. The minimum atomic E-state index is -0.989. The first kappa shape index (κ1) is 19.2. The molecule has 144 valence electrons. The highest BCUT2D eigenvalue weighted by molar-refractivity contribution is 5.81. The second kappa shape index (κ2) is 7.19. The molecule has 0 radical (unpaired) electrons. The van der Waals surface area contributed by atoms with Gasteiger partial charge in [-0.3, -0.25) is 4.79 Å². The molecule has 0 fully saturated rings. The lowest BCUT2D eigenvalue weighted by atomic mass is 9.94. The van der Waals surface area contributed by atoms with E-state index in [1.807, 2.05) is 39.0 Å². The Morgan fingerprint density at radius 1 is 1.11 bits per heavy atom. The molecule has 7 heteroatoms. The molecule has 0 aliphatic rings. The van der Waals surface area contributed by atoms with Crippen LogP contribution in [0.4, 0.5) is 4.79 Å². The number of carbonyl (C=O) groups excluding carboxylic acids is 1. The molecule has 0 atom stereocenters. The number of ether oxygens (including phenoxy) is 2. The van der Waals surface area contributed by atoms with Crippen LogP contribution in [0.25, 0.3) is 35.4 Å². The molecule has 2 heterocycles. The molecule has 0 aliphatic heterocycles. The molecule has 28 heavy (non-hydrogen) atoms. The van der Waals surface area contributed by atoms with Crippen molar-refractivity contribution in [2.45, 2.75) is 20.8 Å². The number of benzene rings is 1. The molecule has 0 unspecified atom stereocenters. The molecular formula is C21H19NO6. The van der Waals surface area contributed by atoms with E-state index in [1.54, 1.807) is 0 Å². The summed E-state index contributed by atoms with van der Waals surface area (Å²) in [5.74, 6) is 0.544. The Bertz CT molecular complexity index is 1220. The molecule has 0 N–H and O–H groups in total. The van der Waals surface area contributed by atoms with Crippen LogP contribution in [0.3, 0.4) is 0 Å². The van der Waals surface area contributed by atoms with E-state index in [2.05, 4.69) is 23.1 Å². The average Bonchev–Trinajstić information content (AvgIpc) is 2.99. The van der Waals surface area contributed by atoms with Gasteiger partial charge >= 0.3 is 6.16 Å². The molecular weight excluding hydrogens is 362 g/mol. The first-order valence-electron chi connectivity index (χ1n) is 8.39. The van der Waals surface area contributed by atoms with Gasteiger partial charge in [0.2, 0.25) is 5.43 Å². The fourth-order valence-electron chi connectivity index (χ4n) is 3.04. The zero-order valence-electron chi connectivity index (χ0n) is 16.0. The van der Waals surface area contributed by atoms with Crippen molar-refractivity contribution in [3.05, 3.63) is 56.3 Å². The first-order valence-corrected chi connectivity index (χ1v) is 8.39. The molecule has 1 aromatic carbocycles. The van der Waals surface area contributed by atoms with Gasteiger partial charge in [-0.15, -0.1) is 0 Å². The molecule has 0 spiro atoms. The van der Waals surface area contributed by atoms with E-state index < -0.39 is 11.6 Å². The Kier molecular flexibility index (Phi) is 4.92. The topological polar surface area (TPSA) is 91.8 Å². The fraction of sp³-hybridized carbons (Fsp3) is 0.190. The quantitative estimate of drug-likeness (QED) is 0.644. The lowest BCUT2D eigenvalue weighted by Gasteiger charge is -2.13. The number of aromatic nitrogens is 1. The Morgan fingerprint density at radius 2 is 1.82 bits per heavy atom. The summed E-state index contributed by atoms with van der Waals surface area (Å²) in [6, 6.07) is 5.56. The van der Waals surface area contributed by atoms with Crippen LogP contribution >= 0.6 is 0 Å². The van der Waals surface area contributed by atoms with Crippen molar-refractivity contribution in [2.24, 2.45) is 0 Å². The van der Waals surface area contributed by atoms with E-state index in [1.165, 1.54) is 7.11 Å². The third kappa shape index (κ3) is 3.22. The summed E-state index contributed by atoms with van der Waals surface area (Å²) in [6.45, 7) is 12.8. The summed E-state index contributed by atoms with van der Waals surface area (Å²) in [6.07, 6.45) is -0.989. The highest BCUT2D eigenvalue weighted by Gasteiger charge is 2.21. The number of aryl methyl sites for hydroxylation is 3. The van der Waals surface area contributed by atoms with Crippen molar-refractivity contribution in [3.63, 3.8) is 0 Å². The van der Waals surface area contributed by atoms with Gasteiger partial charge in [-0.1, -0.05) is 30.4 Å². The second-order valence-corrected chi connectivity index (χ2v) is 6.27. The normalized spacial score (nSPS) is 10.7. The summed E-state index contributed by atoms with van der Waals surface area (Å²) in [7, 11) is 1.17. The fourth-order valence-corrected chi connectivity index (χ4v) is 3.04. The molecule has 7 nitrogen and oxygen atoms in total. The summed E-state index contributed by atoms with van der Waals surface area (Å²) in [5.41, 5.74) is 3.18. The highest BCUT2D eigenvalue weighted by atomic mass is 16.7. The van der Waals surface area contributed by atoms with Gasteiger partial charge < -0.3 is 18.4 Å². The monoisotopic (exact) mass is 381 g/mol. The number of hydrogen-bond acceptors (Lipinski definition) is 7. The van der Waals surface area contributed by atoms with E-state index >= 15 is 0 Å². The van der Waals surface area contributed by atoms with Crippen LogP contribution in [-0.2, 0) is 4.74 Å². The van der Waals surface area contributed by atoms with Crippen molar-refractivity contribution >= 4 is 19.3 Å². The Labute approximate surface area is 160 Å². The maximum Gasteiger partial charge on any atom is 0.513 e. The van der Waals surface area contributed by atoms with Crippen LogP contribution in [0, 0.1) is 20.8 Å². The third-order valence-electron chi connectivity index (χ3n) is 4.39. The van der Waals surface area contributed by atoms with Crippen LogP contribution in [0.15, 0.2) is 31.9 Å². The predicted molar refractivity (Wildman–Crippen MR) is 103 cm³/mol. The van der Waals surface area contributed by atoms with Gasteiger partial charge in [0, 0.05) is 5.56 Å². The van der Waals surface area contributed by atoms with E-state index in [0.29, 0.717) is 11.3 Å². The van der Waals surface area contributed by atoms with Crippen molar-refractivity contribution in [1.82, 2.24) is 5.16 Å². The third-order valence-corrected chi connectivity index (χ3v) is 4.39. The van der Waals surface area contributed by atoms with Gasteiger partial charge in [0.05, 0.1) is 18.4 Å². The zero-order valence-corrected chi connectivity index (χ0v) is 16.0. The Hall–Kier alpha value is -3.61. The summed E-state index contributed by atoms with van der Waals surface area (Å²) < 4.78 is 20.2. The van der Waals surface area contributed by atoms with Gasteiger partial charge in [-0.25, -0.2) is 4.79 Å². The Morgan fingerprint density at radius 3 is 2.43 bits per heavy atom. The summed E-state index contributed by atoms with van der Waals surface area (Å²) in [5, 5.41) is 3.97. The Balaban J connectivity index is 2.34. The standard InChI is InChI=1S/C21H19NO6/c1-10-7-8-15(17-11(2)22-28-12(17)3)9-16(10)18-19(23)13(4)26-14(5)20(18)27-21(24)25-6/h7-9H,4-5H2,1-3,6H3. The average molecular weight is 381 g/mol. The molecule has 3 rings (SSSR count). The van der Waals surface area contributed by atoms with Gasteiger partial charge in [0.25, 0.3) is 0 Å². The van der Waals surface area contributed by atoms with Crippen molar-refractivity contribution in [3.8, 4) is 28.0 Å². The number of carbonyl (C=O) groups is 1. The van der Waals surface area contributed by atoms with Crippen LogP contribution < -0.4 is 21.0 Å². The van der Waals surface area contributed by atoms with Crippen LogP contribution in [-0.4, -0.2) is 18.4 Å². The maximum atomic E-state index is 12.8. The number of nitrogens with zero attached hydrogens (tertiary/aromatic N) is 1. The minimum Gasteiger partial charge on any atom is -0.451 e. The molecule has 3 aromatic rings. The summed E-state index contributed by atoms with van der Waals surface area (Å²) in [4.78, 5) is 24.5. The van der Waals surface area contributed by atoms with Crippen molar-refractivity contribution in [1.29, 1.82) is 0 Å². The van der Waals surface area contributed by atoms with Gasteiger partial charge in [-0.05, 0) is 43.5 Å². The van der Waals surface area contributed by atoms with E-state index in [4.69, 9.17) is 13.7 Å². The molecule has 2 aromatic heterocycles. The van der Waals surface area contributed by atoms with E-state index in [0.717, 1.165) is 22.4 Å². The van der Waals surface area contributed by atoms with Crippen molar-refractivity contribution in [2.75, 3.05) is 7.11 Å². The minimum absolute atomic E-state index is 0.00728. The van der Waals surface area contributed by atoms with Crippen LogP contribution in [0.2, 0.25) is 0 Å². The van der Waals surface area contributed by atoms with E-state index in [-0.39, 0.29) is 22.1 Å². The maximum absolute atomic E-state index is 12.8. The zero-order chi connectivity index (χ0) is 20.6. The molecule has 0 amide bonds. The number of hydrogen-bond donors (Lipinski definition) is 0. The van der Waals surface area contributed by atoms with Crippen LogP contribution in [0.5, 0.6) is 5.75 Å². The van der Waals surface area contributed by atoms with E-state index in [9.17, 15) is 9.59 Å². The van der Waals surface area contributed by atoms with Gasteiger partial charge in [0.1, 0.15) is 5.76 Å². The first-order chi connectivity index (χ1) is 13.2. The van der Waals surface area contributed by atoms with Gasteiger partial charge in [-0.2, -0.15) is 0 Å². The predicted octanol–water partition coefficient (Wildman–Crippen LogP) is 2.85. The van der Waals surface area contributed by atoms with Crippen LogP contribution in [0.1, 0.15) is 17.0 Å². The summed E-state index contributed by atoms with van der Waals surface area (Å²) >= 11 is 0. The van der Waals surface area contributed by atoms with Gasteiger partial charge in [0.15, 0.2) is 16.6 Å². The smallest absolute Gasteiger partial charge is 0.451 e. The SMILES string of the molecule is C=c1oc(=C)c(=O)c(-c2cc(-c3c(C)noc3C)ccc2C)c1OC(=O)OC. The highest BCUT2D eigenvalue weighted by Crippen LogP contribution is 2.33. The molecule has 0 bridgehead atoms. The molecule has 0 saturated heterocycles. The largest absolute Gasteiger partial charge is 0.513 e.